The molecule has 9 aromatic carbocycles. The van der Waals surface area contributed by atoms with Crippen molar-refractivity contribution >= 4 is 86.2 Å². The standard InChI is InChI=1S/C21H20ClN5O2.C20H19N5O.C19H16FN5O.C18H12ClF2N5O.C18H17N5OS/c22-17-8-6-16(7-9-17)20-24-21-23-18(12-19(29)27(21)25-20)14-26(10-11-28)13-15-4-2-1-3-5-15;1-13-5-3-7-15(9-13)19-23-20-22-17(11-18(26)25(20)24-19)12-21-16-8-4-6-14(2)10-16;1-12-6-8-13(9-7-12)18-23-19-22-14(10-17(26)25(19)24-18)11-21-16-5-3-2-4-15(16)20;19-11-2-4-12(5-3-11)22-9-13-8-16(27)26-18(23-13)24-17(25-26)10-1-6-14(20)15(21)7-10;1-2-12-6-3-4-7-14(12)19-11-13-10-16(24)23-18(20-13)21-17(22-23)15-8-5-9-25-15/h1-9,12,28H,10-11,13-14H2,(H,23,24,25);3-11,21H,12H2,1-2H3,(H,22,23,24);2-10,21H,11H2,1H3,(H,22,23,24);1-8,22H,9H2,(H,23,24,25);3-10,19H,2,11H2,1H3,(H,20,21,22). The van der Waals surface area contributed by atoms with Crippen LogP contribution >= 0.6 is 34.5 Å². The Morgan fingerprint density at radius 3 is 1.29 bits per heavy atom. The molecule has 133 heavy (non-hydrogen) atoms. The van der Waals surface area contributed by atoms with Crippen LogP contribution in [0.4, 0.5) is 35.9 Å². The monoisotopic (exact) mass is 1840 g/mol. The lowest BCUT2D eigenvalue weighted by Gasteiger charge is -2.20. The summed E-state index contributed by atoms with van der Waals surface area (Å²) in [5, 5.41) is 40.1. The fourth-order valence-corrected chi connectivity index (χ4v) is 14.9. The Hall–Kier alpha value is -16.1. The molecule has 0 radical (unpaired) electrons. The number of aromatic nitrogens is 20. The average molecular weight is 1840 g/mol. The first-order chi connectivity index (χ1) is 64.5. The Labute approximate surface area is 768 Å². The number of halogens is 5. The van der Waals surface area contributed by atoms with Crippen molar-refractivity contribution in [3.8, 4) is 56.3 Å². The second-order valence-corrected chi connectivity index (χ2v) is 32.3. The molecular formula is C96H84Cl2F3N25O6S. The maximum atomic E-state index is 13.7. The van der Waals surface area contributed by atoms with Gasteiger partial charge >= 0.3 is 0 Å². The summed E-state index contributed by atoms with van der Waals surface area (Å²) >= 11 is 13.3. The molecular weight excluding hydrogens is 1760 g/mol. The van der Waals surface area contributed by atoms with Crippen molar-refractivity contribution in [3.63, 3.8) is 0 Å². The van der Waals surface area contributed by atoms with E-state index >= 15 is 0 Å². The van der Waals surface area contributed by atoms with Crippen molar-refractivity contribution in [1.82, 2.24) is 103 Å². The van der Waals surface area contributed by atoms with E-state index in [-0.39, 0.29) is 64.1 Å². The van der Waals surface area contributed by atoms with Gasteiger partial charge in [-0.2, -0.15) is 47.5 Å². The van der Waals surface area contributed by atoms with Crippen molar-refractivity contribution in [2.24, 2.45) is 0 Å². The van der Waals surface area contributed by atoms with Gasteiger partial charge < -0.3 is 26.4 Å². The Balaban J connectivity index is 0.000000121. The molecule has 0 fully saturated rings. The molecule has 0 amide bonds. The summed E-state index contributed by atoms with van der Waals surface area (Å²) in [6.07, 6.45) is 0.946. The highest BCUT2D eigenvalue weighted by Gasteiger charge is 2.19. The average Bonchev–Trinajstić information content (AvgIpc) is 1.67. The Bertz CT molecular complexity index is 7820. The number of rotatable bonds is 24. The molecule has 11 heterocycles. The van der Waals surface area contributed by atoms with Gasteiger partial charge in [-0.05, 0) is 158 Å². The zero-order valence-corrected chi connectivity index (χ0v) is 74.0. The first-order valence-electron chi connectivity index (χ1n) is 41.8. The lowest BCUT2D eigenvalue weighted by atomic mass is 10.1. The molecule has 11 aromatic heterocycles. The molecule has 20 rings (SSSR count). The van der Waals surface area contributed by atoms with Crippen LogP contribution in [-0.2, 0) is 45.7 Å². The Morgan fingerprint density at radius 1 is 0.361 bits per heavy atom. The molecule has 31 nitrogen and oxygen atoms in total. The van der Waals surface area contributed by atoms with Gasteiger partial charge in [-0.3, -0.25) is 54.4 Å². The van der Waals surface area contributed by atoms with Crippen LogP contribution in [0.2, 0.25) is 10.0 Å². The highest BCUT2D eigenvalue weighted by molar-refractivity contribution is 7.13. The van der Waals surface area contributed by atoms with E-state index in [1.165, 1.54) is 71.7 Å². The number of thiophene rings is 1. The molecule has 670 valence electrons. The predicted octanol–water partition coefficient (Wildman–Crippen LogP) is 16.1. The second kappa shape index (κ2) is 41.6. The SMILES string of the molecule is CCc1ccccc1NCc1cc(=O)n2[nH]c(-c3cccs3)nc2n1.Cc1ccc(-c2nc3nc(CNc4ccccc4F)cc(=O)n3[nH]2)cc1.Cc1cccc(NCc2cc(=O)n3[nH]c(-c4cccc(C)c4)nc3n2)c1.O=c1cc(CN(CCO)Cc2ccccc2)nc2nc(-c3ccc(Cl)cc3)[nH]n12.O=c1cc(CNc2ccc(Cl)cc2)nc2nc(-c3ccc(F)c(F)c3)[nH]n12. The zero-order valence-electron chi connectivity index (χ0n) is 71.7. The smallest absolute Gasteiger partial charge is 0.274 e. The van der Waals surface area contributed by atoms with Crippen LogP contribution in [0.5, 0.6) is 0 Å². The van der Waals surface area contributed by atoms with Crippen LogP contribution in [0, 0.1) is 38.2 Å². The fourth-order valence-electron chi connectivity index (χ4n) is 14.0. The summed E-state index contributed by atoms with van der Waals surface area (Å²) in [5.41, 5.74) is 13.6. The van der Waals surface area contributed by atoms with Crippen molar-refractivity contribution in [1.29, 1.82) is 0 Å². The number of anilines is 4. The number of H-pyrrole nitrogens is 5. The van der Waals surface area contributed by atoms with E-state index in [4.69, 9.17) is 23.2 Å². The molecule has 0 spiro atoms. The molecule has 0 bridgehead atoms. The van der Waals surface area contributed by atoms with Gasteiger partial charge in [0.1, 0.15) is 5.82 Å². The molecule has 0 aliphatic carbocycles. The number of aliphatic hydroxyl groups is 1. The number of hydrogen-bond donors (Lipinski definition) is 10. The van der Waals surface area contributed by atoms with Gasteiger partial charge in [-0.15, -0.1) is 11.3 Å². The third-order valence-corrected chi connectivity index (χ3v) is 22.0. The number of nitrogens with zero attached hydrogens (tertiary/aromatic N) is 16. The summed E-state index contributed by atoms with van der Waals surface area (Å²) in [7, 11) is 0. The van der Waals surface area contributed by atoms with Gasteiger partial charge in [0, 0.05) is 99.3 Å². The largest absolute Gasteiger partial charge is 0.395 e. The fraction of sp³-hybridized carbons (Fsp3) is 0.135. The van der Waals surface area contributed by atoms with Crippen LogP contribution in [-0.4, -0.2) is 121 Å². The van der Waals surface area contributed by atoms with E-state index in [0.29, 0.717) is 130 Å². The normalized spacial score (nSPS) is 11.1. The van der Waals surface area contributed by atoms with E-state index in [1.807, 2.05) is 183 Å². The summed E-state index contributed by atoms with van der Waals surface area (Å²) < 4.78 is 46.7. The highest BCUT2D eigenvalue weighted by atomic mass is 35.5. The topological polar surface area (TPSA) is 387 Å². The number of aromatic amines is 5. The summed E-state index contributed by atoms with van der Waals surface area (Å²) in [6, 6.07) is 77.2. The quantitative estimate of drug-likeness (QED) is 0.0269. The number of para-hydroxylation sites is 2. The van der Waals surface area contributed by atoms with Crippen molar-refractivity contribution in [2.75, 3.05) is 34.4 Å². The van der Waals surface area contributed by atoms with E-state index in [2.05, 4.69) is 116 Å². The molecule has 0 saturated carbocycles. The number of aliphatic hydroxyl groups excluding tert-OH is 1. The third kappa shape index (κ3) is 22.8. The van der Waals surface area contributed by atoms with Gasteiger partial charge in [-0.25, -0.2) is 38.1 Å². The number of hydrogen-bond acceptors (Lipinski definition) is 22. The molecule has 10 N–H and O–H groups in total. The number of fused-ring (bicyclic) bond motifs is 5. The maximum Gasteiger partial charge on any atom is 0.274 e. The van der Waals surface area contributed by atoms with E-state index in [9.17, 15) is 42.3 Å². The van der Waals surface area contributed by atoms with Crippen LogP contribution in [0.25, 0.3) is 85.1 Å². The minimum atomic E-state index is -0.999. The van der Waals surface area contributed by atoms with E-state index < -0.39 is 11.6 Å². The van der Waals surface area contributed by atoms with E-state index in [1.54, 1.807) is 53.8 Å². The minimum Gasteiger partial charge on any atom is -0.395 e. The van der Waals surface area contributed by atoms with Crippen molar-refractivity contribution in [3.05, 3.63) is 402 Å². The second-order valence-electron chi connectivity index (χ2n) is 30.5. The highest BCUT2D eigenvalue weighted by Crippen LogP contribution is 2.27. The zero-order chi connectivity index (χ0) is 92.6. The molecule has 0 unspecified atom stereocenters. The maximum absolute atomic E-state index is 13.7. The lowest BCUT2D eigenvalue weighted by molar-refractivity contribution is 0.183. The summed E-state index contributed by atoms with van der Waals surface area (Å²) in [4.78, 5) is 109. The summed E-state index contributed by atoms with van der Waals surface area (Å²) in [6.45, 7) is 11.2. The van der Waals surface area contributed by atoms with Crippen molar-refractivity contribution < 1.29 is 18.3 Å². The van der Waals surface area contributed by atoms with Crippen LogP contribution in [0.1, 0.15) is 63.2 Å². The van der Waals surface area contributed by atoms with Gasteiger partial charge in [0.2, 0.25) is 0 Å². The minimum absolute atomic E-state index is 0.0250. The van der Waals surface area contributed by atoms with Crippen LogP contribution in [0.15, 0.2) is 290 Å². The first kappa shape index (κ1) is 90.3. The molecule has 20 aromatic rings. The van der Waals surface area contributed by atoms with Gasteiger partial charge in [-0.1, -0.05) is 163 Å². The molecule has 0 saturated heterocycles. The number of benzene rings is 9. The van der Waals surface area contributed by atoms with Gasteiger partial charge in [0.25, 0.3) is 56.7 Å². The van der Waals surface area contributed by atoms with Crippen LogP contribution in [0.3, 0.4) is 0 Å². The molecule has 37 heteroatoms. The Morgan fingerprint density at radius 2 is 0.789 bits per heavy atom. The van der Waals surface area contributed by atoms with Gasteiger partial charge in [0.15, 0.2) is 40.8 Å². The first-order valence-corrected chi connectivity index (χ1v) is 43.5. The van der Waals surface area contributed by atoms with Crippen molar-refractivity contribution in [2.45, 2.75) is 73.4 Å². The van der Waals surface area contributed by atoms with Crippen LogP contribution < -0.4 is 49.1 Å². The predicted molar refractivity (Wildman–Crippen MR) is 509 cm³/mol. The lowest BCUT2D eigenvalue weighted by Crippen LogP contribution is -2.28. The summed E-state index contributed by atoms with van der Waals surface area (Å²) in [5.74, 6) is 1.76. The molecule has 0 atom stereocenters. The molecule has 0 aliphatic rings. The Kier molecular flexibility index (Phi) is 28.2. The number of aryl methyl sites for hydroxylation is 4. The third-order valence-electron chi connectivity index (χ3n) is 20.7. The van der Waals surface area contributed by atoms with E-state index in [0.717, 1.165) is 78.4 Å². The molecule has 0 aliphatic heterocycles. The number of nitrogens with one attached hydrogen (secondary N) is 9. The van der Waals surface area contributed by atoms with Gasteiger partial charge in [0.05, 0.1) is 71.8 Å².